The Balaban J connectivity index is 2.10. The lowest BCUT2D eigenvalue weighted by molar-refractivity contribution is 0.412. The summed E-state index contributed by atoms with van der Waals surface area (Å²) in [6.45, 7) is 6.63. The molecule has 0 amide bonds. The second kappa shape index (κ2) is 5.92. The number of rotatable bonds is 2. The van der Waals surface area contributed by atoms with E-state index in [4.69, 9.17) is 0 Å². The molecule has 0 aliphatic carbocycles. The number of aromatic nitrogens is 1. The first-order chi connectivity index (χ1) is 11.6. The van der Waals surface area contributed by atoms with Crippen LogP contribution in [0.4, 0.5) is 11.5 Å². The van der Waals surface area contributed by atoms with Crippen LogP contribution in [0.1, 0.15) is 26.3 Å². The third-order valence-corrected chi connectivity index (χ3v) is 5.85. The number of pyridine rings is 1. The van der Waals surface area contributed by atoms with E-state index in [0.717, 1.165) is 5.56 Å². The largest absolute Gasteiger partial charge is 0.264 e. The molecule has 1 aliphatic rings. The Morgan fingerprint density at radius 1 is 1.16 bits per heavy atom. The lowest BCUT2D eigenvalue weighted by Crippen LogP contribution is -2.36. The van der Waals surface area contributed by atoms with Gasteiger partial charge in [-0.15, -0.1) is 0 Å². The number of nitrogens with zero attached hydrogens (tertiary/aromatic N) is 4. The molecule has 3 rings (SSSR count). The molecular weight excluding hydrogens is 336 g/mol. The number of fused-ring (bicyclic) bond motifs is 1. The van der Waals surface area contributed by atoms with Crippen LogP contribution in [0.25, 0.3) is 11.3 Å². The van der Waals surface area contributed by atoms with Crippen molar-refractivity contribution in [2.45, 2.75) is 20.8 Å². The number of benzene rings is 1. The molecule has 0 saturated heterocycles. The van der Waals surface area contributed by atoms with Gasteiger partial charge in [0.25, 0.3) is 0 Å². The molecule has 2 aromatic rings. The van der Waals surface area contributed by atoms with Gasteiger partial charge in [-0.25, -0.2) is 13.6 Å². The molecule has 0 fully saturated rings. The Hall–Kier alpha value is -2.27. The van der Waals surface area contributed by atoms with Gasteiger partial charge in [-0.3, -0.25) is 9.11 Å². The third kappa shape index (κ3) is 3.04. The van der Waals surface area contributed by atoms with Gasteiger partial charge in [0.1, 0.15) is 5.69 Å². The van der Waals surface area contributed by atoms with Gasteiger partial charge in [0.15, 0.2) is 5.82 Å². The molecule has 6 nitrogen and oxygen atoms in total. The summed E-state index contributed by atoms with van der Waals surface area (Å²) in [5, 5.41) is 9.31. The van der Waals surface area contributed by atoms with Gasteiger partial charge in [-0.2, -0.15) is 5.26 Å². The predicted molar refractivity (Wildman–Crippen MR) is 102 cm³/mol. The van der Waals surface area contributed by atoms with E-state index in [-0.39, 0.29) is 5.41 Å². The maximum absolute atomic E-state index is 10.7. The van der Waals surface area contributed by atoms with Crippen molar-refractivity contribution in [3.8, 4) is 17.3 Å². The molecule has 0 radical (unpaired) electrons. The average molecular weight is 358 g/mol. The number of nitriles is 1. The zero-order valence-electron chi connectivity index (χ0n) is 14.8. The predicted octanol–water partition coefficient (Wildman–Crippen LogP) is 4.50. The molecule has 1 aromatic carbocycles. The monoisotopic (exact) mass is 358 g/mol. The molecule has 7 heteroatoms. The van der Waals surface area contributed by atoms with Crippen molar-refractivity contribution >= 4 is 22.5 Å². The van der Waals surface area contributed by atoms with Gasteiger partial charge in [-0.1, -0.05) is 39.0 Å². The summed E-state index contributed by atoms with van der Waals surface area (Å²) in [6.07, 6.45) is 0. The van der Waals surface area contributed by atoms with E-state index in [1.54, 1.807) is 17.4 Å². The van der Waals surface area contributed by atoms with Crippen molar-refractivity contribution in [3.63, 3.8) is 0 Å². The van der Waals surface area contributed by atoms with E-state index >= 15 is 0 Å². The van der Waals surface area contributed by atoms with Gasteiger partial charge in [0.2, 0.25) is 0 Å². The molecule has 0 atom stereocenters. The summed E-state index contributed by atoms with van der Waals surface area (Å²) in [5.41, 5.74) is 2.48. The molecular formula is C18H22N4O2S. The maximum atomic E-state index is 10.7. The van der Waals surface area contributed by atoms with Crippen LogP contribution in [0, 0.1) is 16.7 Å². The first-order valence-electron chi connectivity index (χ1n) is 7.95. The van der Waals surface area contributed by atoms with Crippen molar-refractivity contribution in [1.82, 2.24) is 4.98 Å². The van der Waals surface area contributed by atoms with Gasteiger partial charge in [0.05, 0.1) is 17.3 Å². The fourth-order valence-electron chi connectivity index (χ4n) is 2.82. The van der Waals surface area contributed by atoms with Gasteiger partial charge >= 0.3 is 0 Å². The van der Waals surface area contributed by atoms with Crippen molar-refractivity contribution in [1.29, 1.82) is 5.26 Å². The maximum Gasteiger partial charge on any atom is 0.174 e. The smallest absolute Gasteiger partial charge is 0.174 e. The summed E-state index contributed by atoms with van der Waals surface area (Å²) in [7, 11) is -1.50. The van der Waals surface area contributed by atoms with Crippen LogP contribution in [-0.4, -0.2) is 27.7 Å². The van der Waals surface area contributed by atoms with Crippen LogP contribution in [0.3, 0.4) is 0 Å². The van der Waals surface area contributed by atoms with Gasteiger partial charge in [-0.05, 0) is 34.6 Å². The van der Waals surface area contributed by atoms with Crippen LogP contribution in [0.2, 0.25) is 0 Å². The minimum absolute atomic E-state index is 0.113. The summed E-state index contributed by atoms with van der Waals surface area (Å²) in [6, 6.07) is 13.1. The fourth-order valence-corrected chi connectivity index (χ4v) is 4.45. The van der Waals surface area contributed by atoms with Crippen LogP contribution in [-0.2, 0) is 0 Å². The highest BCUT2D eigenvalue weighted by atomic mass is 32.3. The van der Waals surface area contributed by atoms with Gasteiger partial charge in [0, 0.05) is 19.2 Å². The van der Waals surface area contributed by atoms with E-state index in [9.17, 15) is 14.4 Å². The normalized spacial score (nSPS) is 17.2. The molecule has 0 unspecified atom stereocenters. The van der Waals surface area contributed by atoms with Crippen LogP contribution in [0.15, 0.2) is 36.4 Å². The van der Waals surface area contributed by atoms with Crippen molar-refractivity contribution in [2.75, 3.05) is 22.2 Å². The fraction of sp³-hybridized carbons (Fsp3) is 0.333. The first kappa shape index (κ1) is 17.5. The van der Waals surface area contributed by atoms with E-state index < -0.39 is 11.0 Å². The van der Waals surface area contributed by atoms with Crippen molar-refractivity contribution in [3.05, 3.63) is 42.0 Å². The van der Waals surface area contributed by atoms with Crippen LogP contribution < -0.4 is 8.61 Å². The van der Waals surface area contributed by atoms with Crippen LogP contribution in [0.5, 0.6) is 0 Å². The number of hydrogen-bond donors (Lipinski definition) is 2. The lowest BCUT2D eigenvalue weighted by atomic mass is 9.97. The van der Waals surface area contributed by atoms with Crippen LogP contribution >= 0.6 is 11.0 Å². The molecule has 0 saturated carbocycles. The van der Waals surface area contributed by atoms with E-state index in [1.165, 1.54) is 4.31 Å². The summed E-state index contributed by atoms with van der Waals surface area (Å²) >= 11 is 0. The summed E-state index contributed by atoms with van der Waals surface area (Å²) < 4.78 is 24.4. The lowest BCUT2D eigenvalue weighted by Gasteiger charge is -2.44. The number of hydrogen-bond acceptors (Lipinski definition) is 6. The minimum Gasteiger partial charge on any atom is -0.264 e. The highest BCUT2D eigenvalue weighted by Crippen LogP contribution is 2.60. The summed E-state index contributed by atoms with van der Waals surface area (Å²) in [5.74, 6) is 0.509. The Kier molecular flexibility index (Phi) is 4.15. The Morgan fingerprint density at radius 2 is 1.84 bits per heavy atom. The molecule has 1 aromatic heterocycles. The zero-order valence-corrected chi connectivity index (χ0v) is 15.6. The second-order valence-corrected chi connectivity index (χ2v) is 9.25. The molecule has 2 heterocycles. The molecule has 1 aliphatic heterocycles. The third-order valence-electron chi connectivity index (χ3n) is 4.03. The zero-order chi connectivity index (χ0) is 18.4. The van der Waals surface area contributed by atoms with E-state index in [2.05, 4.69) is 11.1 Å². The SMILES string of the molecule is CN1c2nc(-c3ccccc3C#N)ccc2N(CC(C)(C)C)S1(O)O. The highest BCUT2D eigenvalue weighted by molar-refractivity contribution is 8.26. The Labute approximate surface area is 150 Å². The van der Waals surface area contributed by atoms with E-state index in [0.29, 0.717) is 29.3 Å². The Bertz CT molecular complexity index is 855. The molecule has 0 bridgehead atoms. The van der Waals surface area contributed by atoms with Crippen molar-refractivity contribution < 1.29 is 9.11 Å². The quantitative estimate of drug-likeness (QED) is 0.822. The number of anilines is 2. The first-order valence-corrected chi connectivity index (χ1v) is 9.41. The molecule has 132 valence electrons. The topological polar surface area (TPSA) is 83.6 Å². The standard InChI is InChI=1S/C18H22N4O2S/c1-18(2,3)12-22-16-10-9-15(14-8-6-5-7-13(14)11-19)20-17(16)21(4)25(22,23)24/h5-10,23-24H,12H2,1-4H3. The van der Waals surface area contributed by atoms with Crippen molar-refractivity contribution in [2.24, 2.45) is 5.41 Å². The Morgan fingerprint density at radius 3 is 2.48 bits per heavy atom. The molecule has 25 heavy (non-hydrogen) atoms. The minimum atomic E-state index is -3.13. The molecule has 2 N–H and O–H groups in total. The average Bonchev–Trinajstić information content (AvgIpc) is 2.74. The van der Waals surface area contributed by atoms with E-state index in [1.807, 2.05) is 51.1 Å². The summed E-state index contributed by atoms with van der Waals surface area (Å²) in [4.78, 5) is 4.62. The highest BCUT2D eigenvalue weighted by Gasteiger charge is 2.41. The van der Waals surface area contributed by atoms with Gasteiger partial charge < -0.3 is 0 Å². The second-order valence-electron chi connectivity index (χ2n) is 7.28. The molecule has 0 spiro atoms.